The lowest BCUT2D eigenvalue weighted by molar-refractivity contribution is -0.385. The number of nitro groups is 1. The number of benzene rings is 2. The summed E-state index contributed by atoms with van der Waals surface area (Å²) in [4.78, 5) is 9.49. The Morgan fingerprint density at radius 1 is 1.13 bits per heavy atom. The summed E-state index contributed by atoms with van der Waals surface area (Å²) >= 11 is 0. The van der Waals surface area contributed by atoms with Crippen LogP contribution >= 0.6 is 0 Å². The van der Waals surface area contributed by atoms with E-state index < -0.39 is 31.5 Å². The van der Waals surface area contributed by atoms with Gasteiger partial charge < -0.3 is 0 Å². The third-order valence-corrected chi connectivity index (χ3v) is 5.01. The highest BCUT2D eigenvalue weighted by atomic mass is 32.2. The minimum absolute atomic E-state index is 0.139. The van der Waals surface area contributed by atoms with Crippen LogP contribution in [-0.2, 0) is 16.6 Å². The van der Waals surface area contributed by atoms with E-state index in [9.17, 15) is 27.3 Å². The smallest absolute Gasteiger partial charge is 0.258 e. The molecule has 0 N–H and O–H groups in total. The van der Waals surface area contributed by atoms with E-state index in [-0.39, 0.29) is 17.8 Å². The lowest BCUT2D eigenvalue weighted by atomic mass is 10.2. The molecular weight excluding hydrogens is 330 g/mol. The topological polar surface area (TPSA) is 80.5 Å². The van der Waals surface area contributed by atoms with Gasteiger partial charge in [-0.05, 0) is 12.1 Å². The van der Waals surface area contributed by atoms with Crippen molar-refractivity contribution in [1.29, 1.82) is 0 Å². The molecule has 0 atom stereocenters. The van der Waals surface area contributed by atoms with Crippen LogP contribution in [0.4, 0.5) is 14.5 Å². The van der Waals surface area contributed by atoms with Crippen molar-refractivity contribution in [3.05, 3.63) is 69.8 Å². The molecule has 9 heteroatoms. The maximum absolute atomic E-state index is 13.7. The molecule has 0 radical (unpaired) electrons. The van der Waals surface area contributed by atoms with Crippen LogP contribution in [0.2, 0.25) is 0 Å². The first kappa shape index (κ1) is 17.0. The van der Waals surface area contributed by atoms with Crippen molar-refractivity contribution in [2.24, 2.45) is 0 Å². The second kappa shape index (κ2) is 6.39. The average Bonchev–Trinajstić information content (AvgIpc) is 2.50. The first-order chi connectivity index (χ1) is 10.7. The molecule has 0 aliphatic rings. The molecule has 0 saturated heterocycles. The van der Waals surface area contributed by atoms with Gasteiger partial charge in [0.15, 0.2) is 11.6 Å². The van der Waals surface area contributed by atoms with Gasteiger partial charge in [-0.15, -0.1) is 0 Å². The van der Waals surface area contributed by atoms with Crippen LogP contribution in [0.5, 0.6) is 0 Å². The Morgan fingerprint density at radius 2 is 1.78 bits per heavy atom. The summed E-state index contributed by atoms with van der Waals surface area (Å²) in [7, 11) is -3.20. The molecule has 0 aliphatic carbocycles. The number of hydrogen-bond donors (Lipinski definition) is 0. The zero-order valence-electron chi connectivity index (χ0n) is 11.9. The Hall–Kier alpha value is -2.39. The van der Waals surface area contributed by atoms with Crippen LogP contribution < -0.4 is 0 Å². The number of hydrogen-bond acceptors (Lipinski definition) is 4. The molecule has 6 nitrogen and oxygen atoms in total. The first-order valence-electron chi connectivity index (χ1n) is 6.38. The second-order valence-corrected chi connectivity index (χ2v) is 6.71. The summed E-state index contributed by atoms with van der Waals surface area (Å²) in [5.74, 6) is -2.77. The molecule has 2 aromatic rings. The number of nitro benzene ring substituents is 1. The van der Waals surface area contributed by atoms with E-state index in [2.05, 4.69) is 0 Å². The summed E-state index contributed by atoms with van der Waals surface area (Å²) < 4.78 is 52.3. The molecule has 0 bridgehead atoms. The second-order valence-electron chi connectivity index (χ2n) is 4.70. The van der Waals surface area contributed by atoms with Gasteiger partial charge in [-0.25, -0.2) is 17.2 Å². The molecule has 0 fully saturated rings. The van der Waals surface area contributed by atoms with Gasteiger partial charge in [0.1, 0.15) is 4.90 Å². The van der Waals surface area contributed by atoms with Gasteiger partial charge in [-0.3, -0.25) is 10.1 Å². The maximum Gasteiger partial charge on any atom is 0.273 e. The van der Waals surface area contributed by atoms with Crippen molar-refractivity contribution < 1.29 is 22.1 Å². The van der Waals surface area contributed by atoms with Crippen LogP contribution in [-0.4, -0.2) is 24.7 Å². The molecule has 0 amide bonds. The SMILES string of the molecule is CN(Cc1ccccc1[N+](=O)[O-])S(=O)(=O)c1cccc(F)c1F. The van der Waals surface area contributed by atoms with Gasteiger partial charge >= 0.3 is 0 Å². The van der Waals surface area contributed by atoms with Crippen molar-refractivity contribution in [1.82, 2.24) is 4.31 Å². The zero-order valence-corrected chi connectivity index (χ0v) is 12.8. The lowest BCUT2D eigenvalue weighted by Gasteiger charge is -2.17. The molecule has 0 aliphatic heterocycles. The third-order valence-electron chi connectivity index (χ3n) is 3.19. The number of para-hydroxylation sites is 1. The summed E-state index contributed by atoms with van der Waals surface area (Å²) in [6.07, 6.45) is 0. The number of sulfonamides is 1. The number of rotatable bonds is 5. The largest absolute Gasteiger partial charge is 0.273 e. The molecule has 0 saturated carbocycles. The highest BCUT2D eigenvalue weighted by Crippen LogP contribution is 2.24. The van der Waals surface area contributed by atoms with Gasteiger partial charge in [0.25, 0.3) is 5.69 Å². The normalized spacial score (nSPS) is 11.7. The fourth-order valence-corrected chi connectivity index (χ4v) is 3.22. The first-order valence-corrected chi connectivity index (χ1v) is 7.82. The molecular formula is C14H12F2N2O4S. The predicted molar refractivity (Wildman–Crippen MR) is 78.1 cm³/mol. The van der Waals surface area contributed by atoms with Crippen molar-refractivity contribution in [3.8, 4) is 0 Å². The molecule has 2 rings (SSSR count). The maximum atomic E-state index is 13.7. The van der Waals surface area contributed by atoms with E-state index in [1.54, 1.807) is 0 Å². The Balaban J connectivity index is 2.39. The quantitative estimate of drug-likeness (QED) is 0.618. The van der Waals surface area contributed by atoms with Crippen LogP contribution in [0.25, 0.3) is 0 Å². The molecule has 0 spiro atoms. The summed E-state index contributed by atoms with van der Waals surface area (Å²) in [6, 6.07) is 8.41. The lowest BCUT2D eigenvalue weighted by Crippen LogP contribution is -2.27. The fourth-order valence-electron chi connectivity index (χ4n) is 2.00. The van der Waals surface area contributed by atoms with E-state index in [0.717, 1.165) is 29.6 Å². The van der Waals surface area contributed by atoms with Crippen LogP contribution in [0.15, 0.2) is 47.4 Å². The fraction of sp³-hybridized carbons (Fsp3) is 0.143. The van der Waals surface area contributed by atoms with E-state index in [1.807, 2.05) is 0 Å². The van der Waals surface area contributed by atoms with E-state index >= 15 is 0 Å². The van der Waals surface area contributed by atoms with Gasteiger partial charge in [0.05, 0.1) is 4.92 Å². The average molecular weight is 342 g/mol. The Morgan fingerprint density at radius 3 is 2.43 bits per heavy atom. The van der Waals surface area contributed by atoms with Gasteiger partial charge in [-0.1, -0.05) is 24.3 Å². The van der Waals surface area contributed by atoms with Gasteiger partial charge in [0, 0.05) is 25.2 Å². The van der Waals surface area contributed by atoms with Crippen molar-refractivity contribution >= 4 is 15.7 Å². The Bertz CT molecular complexity index is 856. The summed E-state index contributed by atoms with van der Waals surface area (Å²) in [5, 5.41) is 10.9. The standard InChI is InChI=1S/C14H12F2N2O4S/c1-17(9-10-5-2-3-7-12(10)18(19)20)23(21,22)13-8-4-6-11(15)14(13)16/h2-8H,9H2,1H3. The Labute approximate surface area is 131 Å². The van der Waals surface area contributed by atoms with E-state index in [0.29, 0.717) is 0 Å². The minimum Gasteiger partial charge on any atom is -0.258 e. The zero-order chi connectivity index (χ0) is 17.2. The highest BCUT2D eigenvalue weighted by molar-refractivity contribution is 7.89. The Kier molecular flexibility index (Phi) is 4.71. The molecule has 0 heterocycles. The summed E-state index contributed by atoms with van der Waals surface area (Å²) in [5.41, 5.74) is -0.116. The van der Waals surface area contributed by atoms with Gasteiger partial charge in [0.2, 0.25) is 10.0 Å². The minimum atomic E-state index is -4.34. The predicted octanol–water partition coefficient (Wildman–Crippen LogP) is 2.69. The van der Waals surface area contributed by atoms with Crippen molar-refractivity contribution in [2.45, 2.75) is 11.4 Å². The molecule has 2 aromatic carbocycles. The molecule has 122 valence electrons. The van der Waals surface area contributed by atoms with E-state index in [1.165, 1.54) is 24.3 Å². The van der Waals surface area contributed by atoms with E-state index in [4.69, 9.17) is 0 Å². The number of halogens is 2. The molecule has 0 unspecified atom stereocenters. The molecule has 23 heavy (non-hydrogen) atoms. The summed E-state index contributed by atoms with van der Waals surface area (Å²) in [6.45, 7) is -0.352. The van der Waals surface area contributed by atoms with Crippen LogP contribution in [0.3, 0.4) is 0 Å². The monoisotopic (exact) mass is 342 g/mol. The van der Waals surface area contributed by atoms with Gasteiger partial charge in [-0.2, -0.15) is 4.31 Å². The third kappa shape index (κ3) is 3.35. The number of nitrogens with zero attached hydrogens (tertiary/aromatic N) is 2. The van der Waals surface area contributed by atoms with Crippen molar-refractivity contribution in [3.63, 3.8) is 0 Å². The van der Waals surface area contributed by atoms with Crippen LogP contribution in [0.1, 0.15) is 5.56 Å². The van der Waals surface area contributed by atoms with Crippen molar-refractivity contribution in [2.75, 3.05) is 7.05 Å². The van der Waals surface area contributed by atoms with Crippen LogP contribution in [0, 0.1) is 21.7 Å². The highest BCUT2D eigenvalue weighted by Gasteiger charge is 2.27. The molecule has 0 aromatic heterocycles.